The topological polar surface area (TPSA) is 73.1 Å². The lowest BCUT2D eigenvalue weighted by Gasteiger charge is -2.17. The highest BCUT2D eigenvalue weighted by Crippen LogP contribution is 2.18. The lowest BCUT2D eigenvalue weighted by molar-refractivity contribution is 0.191. The van der Waals surface area contributed by atoms with Gasteiger partial charge in [-0.3, -0.25) is 0 Å². The van der Waals surface area contributed by atoms with Crippen LogP contribution in [0.25, 0.3) is 0 Å². The van der Waals surface area contributed by atoms with Crippen LogP contribution < -0.4 is 11.1 Å². The van der Waals surface area contributed by atoms with Gasteiger partial charge in [-0.05, 0) is 20.3 Å². The van der Waals surface area contributed by atoms with Gasteiger partial charge in [-0.25, -0.2) is 9.97 Å². The van der Waals surface area contributed by atoms with Gasteiger partial charge in [-0.15, -0.1) is 0 Å². The van der Waals surface area contributed by atoms with Crippen LogP contribution >= 0.6 is 0 Å². The van der Waals surface area contributed by atoms with Crippen LogP contribution in [0.4, 0.5) is 11.6 Å². The second-order valence-corrected chi connectivity index (χ2v) is 4.18. The Hall–Kier alpha value is -1.36. The van der Waals surface area contributed by atoms with Gasteiger partial charge in [-0.1, -0.05) is 6.92 Å². The number of methoxy groups -OCH3 is 1. The number of nitrogens with one attached hydrogen (secondary N) is 1. The van der Waals surface area contributed by atoms with Crippen molar-refractivity contribution in [1.29, 1.82) is 0 Å². The predicted octanol–water partition coefficient (Wildman–Crippen LogP) is 1.77. The summed E-state index contributed by atoms with van der Waals surface area (Å²) >= 11 is 0. The molecular formula is C12H22N4O. The zero-order valence-corrected chi connectivity index (χ0v) is 11.1. The third kappa shape index (κ3) is 3.85. The van der Waals surface area contributed by atoms with Crippen molar-refractivity contribution in [3.63, 3.8) is 0 Å². The van der Waals surface area contributed by atoms with E-state index in [0.717, 1.165) is 36.7 Å². The van der Waals surface area contributed by atoms with Crippen LogP contribution in [0.5, 0.6) is 0 Å². The molecule has 0 aliphatic heterocycles. The maximum Gasteiger partial charge on any atom is 0.134 e. The van der Waals surface area contributed by atoms with Crippen molar-refractivity contribution in [3.05, 3.63) is 11.4 Å². The van der Waals surface area contributed by atoms with E-state index in [-0.39, 0.29) is 0 Å². The summed E-state index contributed by atoms with van der Waals surface area (Å²) in [6.07, 6.45) is 1.72. The Morgan fingerprint density at radius 1 is 1.41 bits per heavy atom. The van der Waals surface area contributed by atoms with E-state index in [2.05, 4.69) is 22.2 Å². The molecule has 5 heteroatoms. The Morgan fingerprint density at radius 3 is 2.71 bits per heavy atom. The van der Waals surface area contributed by atoms with Gasteiger partial charge in [0.15, 0.2) is 0 Å². The SMILES string of the molecule is CCc1nc(N)c(C)c(NC(C)CCOC)n1. The minimum atomic E-state index is 0.299. The first-order chi connectivity index (χ1) is 8.08. The fourth-order valence-corrected chi connectivity index (χ4v) is 1.48. The summed E-state index contributed by atoms with van der Waals surface area (Å²) < 4.78 is 5.05. The van der Waals surface area contributed by atoms with Crippen molar-refractivity contribution in [2.24, 2.45) is 0 Å². The van der Waals surface area contributed by atoms with E-state index < -0.39 is 0 Å². The van der Waals surface area contributed by atoms with Crippen molar-refractivity contribution in [2.75, 3.05) is 24.8 Å². The van der Waals surface area contributed by atoms with Gasteiger partial charge in [-0.2, -0.15) is 0 Å². The van der Waals surface area contributed by atoms with Crippen molar-refractivity contribution < 1.29 is 4.74 Å². The van der Waals surface area contributed by atoms with Gasteiger partial charge in [0.05, 0.1) is 0 Å². The van der Waals surface area contributed by atoms with Crippen LogP contribution in [0.1, 0.15) is 31.7 Å². The first kappa shape index (κ1) is 13.7. The summed E-state index contributed by atoms with van der Waals surface area (Å²) in [7, 11) is 1.70. The summed E-state index contributed by atoms with van der Waals surface area (Å²) in [5.74, 6) is 2.16. The first-order valence-corrected chi connectivity index (χ1v) is 5.96. The first-order valence-electron chi connectivity index (χ1n) is 5.96. The summed E-state index contributed by atoms with van der Waals surface area (Å²) in [5, 5.41) is 3.35. The molecule has 0 fully saturated rings. The summed E-state index contributed by atoms with van der Waals surface area (Å²) in [6.45, 7) is 6.78. The van der Waals surface area contributed by atoms with E-state index in [9.17, 15) is 0 Å². The number of hydrogen-bond donors (Lipinski definition) is 2. The number of nitrogen functional groups attached to an aromatic ring is 1. The molecule has 5 nitrogen and oxygen atoms in total. The molecule has 1 aromatic heterocycles. The van der Waals surface area contributed by atoms with Crippen molar-refractivity contribution >= 4 is 11.6 Å². The van der Waals surface area contributed by atoms with Gasteiger partial charge >= 0.3 is 0 Å². The zero-order valence-electron chi connectivity index (χ0n) is 11.1. The Balaban J connectivity index is 2.78. The van der Waals surface area contributed by atoms with Crippen molar-refractivity contribution in [3.8, 4) is 0 Å². The van der Waals surface area contributed by atoms with Gasteiger partial charge in [0.2, 0.25) is 0 Å². The second kappa shape index (κ2) is 6.39. The molecule has 0 saturated carbocycles. The fourth-order valence-electron chi connectivity index (χ4n) is 1.48. The Bertz CT molecular complexity index is 368. The van der Waals surface area contributed by atoms with Crippen LogP contribution in [-0.2, 0) is 11.2 Å². The van der Waals surface area contributed by atoms with Gasteiger partial charge in [0.1, 0.15) is 17.5 Å². The molecule has 17 heavy (non-hydrogen) atoms. The maximum atomic E-state index is 5.86. The molecule has 3 N–H and O–H groups in total. The third-order valence-electron chi connectivity index (χ3n) is 2.68. The number of aryl methyl sites for hydroxylation is 1. The number of nitrogens with zero attached hydrogens (tertiary/aromatic N) is 2. The number of rotatable bonds is 6. The molecule has 1 heterocycles. The minimum absolute atomic E-state index is 0.299. The number of aromatic nitrogens is 2. The number of anilines is 2. The van der Waals surface area contributed by atoms with E-state index in [1.165, 1.54) is 0 Å². The lowest BCUT2D eigenvalue weighted by Crippen LogP contribution is -2.20. The Morgan fingerprint density at radius 2 is 2.12 bits per heavy atom. The molecule has 0 radical (unpaired) electrons. The molecule has 1 rings (SSSR count). The highest BCUT2D eigenvalue weighted by Gasteiger charge is 2.10. The monoisotopic (exact) mass is 238 g/mol. The average Bonchev–Trinajstić information content (AvgIpc) is 2.32. The van der Waals surface area contributed by atoms with Gasteiger partial charge < -0.3 is 15.8 Å². The van der Waals surface area contributed by atoms with Crippen LogP contribution in [0.3, 0.4) is 0 Å². The molecule has 0 spiro atoms. The van der Waals surface area contributed by atoms with E-state index in [1.807, 2.05) is 13.8 Å². The standard InChI is InChI=1S/C12H22N4O/c1-5-10-15-11(13)9(3)12(16-10)14-8(2)6-7-17-4/h8H,5-7H2,1-4H3,(H3,13,14,15,16). The van der Waals surface area contributed by atoms with Crippen LogP contribution in [0.15, 0.2) is 0 Å². The second-order valence-electron chi connectivity index (χ2n) is 4.18. The van der Waals surface area contributed by atoms with E-state index in [1.54, 1.807) is 7.11 Å². The van der Waals surface area contributed by atoms with Crippen molar-refractivity contribution in [2.45, 2.75) is 39.7 Å². The number of ether oxygens (including phenoxy) is 1. The third-order valence-corrected chi connectivity index (χ3v) is 2.68. The normalized spacial score (nSPS) is 12.5. The molecule has 1 unspecified atom stereocenters. The van der Waals surface area contributed by atoms with Crippen LogP contribution in [0, 0.1) is 6.92 Å². The molecule has 0 aromatic carbocycles. The summed E-state index contributed by atoms with van der Waals surface area (Å²) in [5.41, 5.74) is 6.77. The number of hydrogen-bond acceptors (Lipinski definition) is 5. The molecule has 0 aliphatic rings. The highest BCUT2D eigenvalue weighted by molar-refractivity contribution is 5.55. The predicted molar refractivity (Wildman–Crippen MR) is 70.1 cm³/mol. The molecule has 1 aromatic rings. The molecule has 0 bridgehead atoms. The molecule has 96 valence electrons. The quantitative estimate of drug-likeness (QED) is 0.790. The van der Waals surface area contributed by atoms with Crippen LogP contribution in [0.2, 0.25) is 0 Å². The lowest BCUT2D eigenvalue weighted by atomic mass is 10.2. The van der Waals surface area contributed by atoms with E-state index >= 15 is 0 Å². The maximum absolute atomic E-state index is 5.86. The summed E-state index contributed by atoms with van der Waals surface area (Å²) in [4.78, 5) is 8.68. The molecule has 0 amide bonds. The summed E-state index contributed by atoms with van der Waals surface area (Å²) in [6, 6.07) is 0.299. The molecular weight excluding hydrogens is 216 g/mol. The number of nitrogens with two attached hydrogens (primary N) is 1. The highest BCUT2D eigenvalue weighted by atomic mass is 16.5. The Kier molecular flexibility index (Phi) is 5.15. The zero-order chi connectivity index (χ0) is 12.8. The van der Waals surface area contributed by atoms with Gasteiger partial charge in [0, 0.05) is 31.7 Å². The largest absolute Gasteiger partial charge is 0.385 e. The van der Waals surface area contributed by atoms with Gasteiger partial charge in [0.25, 0.3) is 0 Å². The average molecular weight is 238 g/mol. The molecule has 0 saturated heterocycles. The fraction of sp³-hybridized carbons (Fsp3) is 0.667. The molecule has 1 atom stereocenters. The molecule has 0 aliphatic carbocycles. The minimum Gasteiger partial charge on any atom is -0.385 e. The van der Waals surface area contributed by atoms with Crippen molar-refractivity contribution in [1.82, 2.24) is 9.97 Å². The Labute approximate surface area is 103 Å². The smallest absolute Gasteiger partial charge is 0.134 e. The van der Waals surface area contributed by atoms with E-state index in [0.29, 0.717) is 11.9 Å². The van der Waals surface area contributed by atoms with Crippen LogP contribution in [-0.4, -0.2) is 29.7 Å². The van der Waals surface area contributed by atoms with E-state index in [4.69, 9.17) is 10.5 Å².